The van der Waals surface area contributed by atoms with Gasteiger partial charge in [-0.15, -0.1) is 0 Å². The van der Waals surface area contributed by atoms with Crippen LogP contribution in [0.15, 0.2) is 36.7 Å². The number of nitriles is 1. The fraction of sp³-hybridized carbons (Fsp3) is 0.294. The number of aromatic nitrogens is 2. The number of carbonyl (C=O) groups is 1. The molecule has 1 aromatic carbocycles. The Morgan fingerprint density at radius 2 is 1.91 bits per heavy atom. The van der Waals surface area contributed by atoms with E-state index >= 15 is 0 Å². The smallest absolute Gasteiger partial charge is 0.256 e. The molecule has 23 heavy (non-hydrogen) atoms. The Bertz CT molecular complexity index is 729. The molecule has 0 radical (unpaired) electrons. The van der Waals surface area contributed by atoms with Crippen LogP contribution in [0.1, 0.15) is 35.2 Å². The van der Waals surface area contributed by atoms with E-state index in [-0.39, 0.29) is 5.91 Å². The number of amides is 1. The highest BCUT2D eigenvalue weighted by Gasteiger charge is 2.18. The molecular weight excluding hydrogens is 290 g/mol. The molecule has 1 N–H and O–H groups in total. The zero-order valence-electron chi connectivity index (χ0n) is 12.7. The molecule has 3 rings (SSSR count). The maximum Gasteiger partial charge on any atom is 0.256 e. The Hall–Kier alpha value is -2.94. The summed E-state index contributed by atoms with van der Waals surface area (Å²) in [6.45, 7) is 1.61. The summed E-state index contributed by atoms with van der Waals surface area (Å²) in [4.78, 5) is 22.6. The number of hydrogen-bond acceptors (Lipinski definition) is 5. The van der Waals surface area contributed by atoms with Gasteiger partial charge in [-0.2, -0.15) is 5.26 Å². The van der Waals surface area contributed by atoms with Crippen LogP contribution in [-0.4, -0.2) is 33.9 Å². The van der Waals surface area contributed by atoms with Gasteiger partial charge in [0.1, 0.15) is 0 Å². The maximum atomic E-state index is 12.3. The largest absolute Gasteiger partial charge is 0.339 e. The van der Waals surface area contributed by atoms with Crippen molar-refractivity contribution >= 4 is 17.5 Å². The first-order valence-corrected chi connectivity index (χ1v) is 7.65. The van der Waals surface area contributed by atoms with Crippen molar-refractivity contribution in [3.8, 4) is 6.07 Å². The molecule has 0 saturated carbocycles. The lowest BCUT2D eigenvalue weighted by Crippen LogP contribution is -2.35. The number of piperidine rings is 1. The van der Waals surface area contributed by atoms with Crippen molar-refractivity contribution in [1.29, 1.82) is 5.26 Å². The van der Waals surface area contributed by atoms with Gasteiger partial charge < -0.3 is 10.2 Å². The van der Waals surface area contributed by atoms with Gasteiger partial charge in [0.2, 0.25) is 5.95 Å². The van der Waals surface area contributed by atoms with Crippen LogP contribution in [0.5, 0.6) is 0 Å². The summed E-state index contributed by atoms with van der Waals surface area (Å²) in [7, 11) is 0. The molecule has 1 aliphatic heterocycles. The van der Waals surface area contributed by atoms with E-state index in [0.717, 1.165) is 31.6 Å². The molecule has 0 unspecified atom stereocenters. The third kappa shape index (κ3) is 3.64. The topological polar surface area (TPSA) is 81.9 Å². The van der Waals surface area contributed by atoms with Crippen molar-refractivity contribution < 1.29 is 4.79 Å². The van der Waals surface area contributed by atoms with Crippen LogP contribution in [-0.2, 0) is 0 Å². The number of benzene rings is 1. The minimum Gasteiger partial charge on any atom is -0.339 e. The van der Waals surface area contributed by atoms with E-state index in [1.54, 1.807) is 30.6 Å². The van der Waals surface area contributed by atoms with Gasteiger partial charge >= 0.3 is 0 Å². The zero-order chi connectivity index (χ0) is 16.1. The summed E-state index contributed by atoms with van der Waals surface area (Å²) in [6, 6.07) is 9.15. The average Bonchev–Trinajstić information content (AvgIpc) is 2.63. The highest BCUT2D eigenvalue weighted by Crippen LogP contribution is 2.16. The number of nitrogens with zero attached hydrogens (tertiary/aromatic N) is 4. The van der Waals surface area contributed by atoms with Crippen molar-refractivity contribution in [1.82, 2.24) is 14.9 Å². The molecule has 2 heterocycles. The lowest BCUT2D eigenvalue weighted by Gasteiger charge is -2.26. The molecule has 1 aliphatic rings. The molecule has 0 aliphatic carbocycles. The summed E-state index contributed by atoms with van der Waals surface area (Å²) in [5.74, 6) is 0.387. The van der Waals surface area contributed by atoms with Gasteiger partial charge in [-0.3, -0.25) is 4.79 Å². The molecule has 0 bridgehead atoms. The molecule has 0 spiro atoms. The number of nitrogens with one attached hydrogen (secondary N) is 1. The summed E-state index contributed by atoms with van der Waals surface area (Å²) in [5, 5.41) is 11.9. The SMILES string of the molecule is N#Cc1cccc(Nc2ncc(C(=O)N3CCCCC3)cn2)c1. The average molecular weight is 307 g/mol. The molecular formula is C17H17N5O. The lowest BCUT2D eigenvalue weighted by atomic mass is 10.1. The van der Waals surface area contributed by atoms with E-state index in [2.05, 4.69) is 21.4 Å². The molecule has 2 aromatic rings. The molecule has 0 atom stereocenters. The first-order chi connectivity index (χ1) is 11.3. The Morgan fingerprint density at radius 3 is 2.61 bits per heavy atom. The molecule has 1 amide bonds. The van der Waals surface area contributed by atoms with E-state index in [9.17, 15) is 4.79 Å². The van der Waals surface area contributed by atoms with Gasteiger partial charge in [0, 0.05) is 31.2 Å². The monoisotopic (exact) mass is 307 g/mol. The number of hydrogen-bond donors (Lipinski definition) is 1. The number of likely N-dealkylation sites (tertiary alicyclic amines) is 1. The van der Waals surface area contributed by atoms with E-state index in [4.69, 9.17) is 5.26 Å². The van der Waals surface area contributed by atoms with Gasteiger partial charge in [0.15, 0.2) is 0 Å². The first-order valence-electron chi connectivity index (χ1n) is 7.65. The third-order valence-electron chi connectivity index (χ3n) is 3.79. The quantitative estimate of drug-likeness (QED) is 0.942. The van der Waals surface area contributed by atoms with Gasteiger partial charge in [-0.25, -0.2) is 9.97 Å². The van der Waals surface area contributed by atoms with Crippen LogP contribution in [0, 0.1) is 11.3 Å². The van der Waals surface area contributed by atoms with Crippen LogP contribution >= 0.6 is 0 Å². The van der Waals surface area contributed by atoms with Crippen molar-refractivity contribution in [2.75, 3.05) is 18.4 Å². The van der Waals surface area contributed by atoms with Crippen LogP contribution in [0.3, 0.4) is 0 Å². The summed E-state index contributed by atoms with van der Waals surface area (Å²) in [6.07, 6.45) is 6.38. The highest BCUT2D eigenvalue weighted by molar-refractivity contribution is 5.93. The summed E-state index contributed by atoms with van der Waals surface area (Å²) < 4.78 is 0. The van der Waals surface area contributed by atoms with Gasteiger partial charge in [0.05, 0.1) is 17.2 Å². The molecule has 6 heteroatoms. The van der Waals surface area contributed by atoms with E-state index in [0.29, 0.717) is 17.1 Å². The second kappa shape index (κ2) is 6.88. The minimum absolute atomic E-state index is 0.0114. The molecule has 1 fully saturated rings. The lowest BCUT2D eigenvalue weighted by molar-refractivity contribution is 0.0723. The van der Waals surface area contributed by atoms with Gasteiger partial charge in [0.25, 0.3) is 5.91 Å². The molecule has 6 nitrogen and oxygen atoms in total. The first kappa shape index (κ1) is 15.0. The predicted molar refractivity (Wildman–Crippen MR) is 86.2 cm³/mol. The van der Waals surface area contributed by atoms with E-state index in [1.165, 1.54) is 6.42 Å². The van der Waals surface area contributed by atoms with Gasteiger partial charge in [-0.05, 0) is 37.5 Å². The van der Waals surface area contributed by atoms with Crippen LogP contribution in [0.25, 0.3) is 0 Å². The van der Waals surface area contributed by atoms with Crippen LogP contribution in [0.2, 0.25) is 0 Å². The predicted octanol–water partition coefficient (Wildman–Crippen LogP) is 2.72. The second-order valence-corrected chi connectivity index (χ2v) is 5.47. The Morgan fingerprint density at radius 1 is 1.17 bits per heavy atom. The normalized spacial score (nSPS) is 14.1. The highest BCUT2D eigenvalue weighted by atomic mass is 16.2. The Labute approximate surface area is 134 Å². The minimum atomic E-state index is -0.0114. The van der Waals surface area contributed by atoms with E-state index < -0.39 is 0 Å². The fourth-order valence-corrected chi connectivity index (χ4v) is 2.58. The van der Waals surface area contributed by atoms with Crippen LogP contribution < -0.4 is 5.32 Å². The Balaban J connectivity index is 1.69. The van der Waals surface area contributed by atoms with Crippen molar-refractivity contribution in [2.45, 2.75) is 19.3 Å². The molecule has 1 aromatic heterocycles. The molecule has 1 saturated heterocycles. The second-order valence-electron chi connectivity index (χ2n) is 5.47. The van der Waals surface area contributed by atoms with Crippen molar-refractivity contribution in [2.24, 2.45) is 0 Å². The third-order valence-corrected chi connectivity index (χ3v) is 3.79. The Kier molecular flexibility index (Phi) is 4.48. The van der Waals surface area contributed by atoms with E-state index in [1.807, 2.05) is 11.0 Å². The number of carbonyl (C=O) groups excluding carboxylic acids is 1. The number of rotatable bonds is 3. The molecule has 116 valence electrons. The van der Waals surface area contributed by atoms with Crippen molar-refractivity contribution in [3.05, 3.63) is 47.8 Å². The van der Waals surface area contributed by atoms with Crippen molar-refractivity contribution in [3.63, 3.8) is 0 Å². The van der Waals surface area contributed by atoms with Gasteiger partial charge in [-0.1, -0.05) is 6.07 Å². The summed E-state index contributed by atoms with van der Waals surface area (Å²) in [5.41, 5.74) is 1.80. The fourth-order valence-electron chi connectivity index (χ4n) is 2.58. The maximum absolute atomic E-state index is 12.3. The summed E-state index contributed by atoms with van der Waals surface area (Å²) >= 11 is 0. The zero-order valence-corrected chi connectivity index (χ0v) is 12.7. The number of anilines is 2. The standard InChI is InChI=1S/C17H17N5O/c18-10-13-5-4-6-15(9-13)21-17-19-11-14(12-20-17)16(23)22-7-2-1-3-8-22/h4-6,9,11-12H,1-3,7-8H2,(H,19,20,21). The van der Waals surface area contributed by atoms with Crippen LogP contribution in [0.4, 0.5) is 11.6 Å².